The fraction of sp³-hybridized carbons (Fsp3) is 0.412. The van der Waals surface area contributed by atoms with Crippen molar-refractivity contribution in [3.63, 3.8) is 0 Å². The van der Waals surface area contributed by atoms with Crippen molar-refractivity contribution in [3.05, 3.63) is 68.7 Å². The molecule has 0 radical (unpaired) electrons. The minimum atomic E-state index is -5.38. The van der Waals surface area contributed by atoms with Crippen molar-refractivity contribution in [2.24, 2.45) is 0 Å². The average Bonchev–Trinajstić information content (AvgIpc) is 3.00. The number of aryl methyl sites for hydroxylation is 1. The first-order chi connectivity index (χ1) is 15.8. The summed E-state index contributed by atoms with van der Waals surface area (Å²) in [6.45, 7) is -1.16. The Hall–Kier alpha value is -2.03. The molecule has 14 nitrogen and oxygen atoms in total. The fourth-order valence-corrected chi connectivity index (χ4v) is 4.89. The number of hydrogen-bond donors (Lipinski definition) is 5. The lowest BCUT2D eigenvalue weighted by atomic mass is 10.1. The van der Waals surface area contributed by atoms with E-state index in [2.05, 4.69) is 8.83 Å². The van der Waals surface area contributed by atoms with Gasteiger partial charge < -0.3 is 29.6 Å². The predicted molar refractivity (Wildman–Crippen MR) is 110 cm³/mol. The van der Waals surface area contributed by atoms with Gasteiger partial charge in [-0.3, -0.25) is 18.5 Å². The van der Waals surface area contributed by atoms with E-state index in [0.29, 0.717) is 0 Å². The molecule has 17 heteroatoms. The van der Waals surface area contributed by atoms with Gasteiger partial charge in [-0.15, -0.1) is 0 Å². The zero-order valence-corrected chi connectivity index (χ0v) is 18.9. The normalized spacial score (nSPS) is 24.8. The van der Waals surface area contributed by atoms with E-state index in [4.69, 9.17) is 14.5 Å². The molecule has 3 unspecified atom stereocenters. The van der Waals surface area contributed by atoms with Crippen molar-refractivity contribution in [3.8, 4) is 0 Å². The van der Waals surface area contributed by atoms with Gasteiger partial charge in [0, 0.05) is 18.8 Å². The Morgan fingerprint density at radius 3 is 2.38 bits per heavy atom. The lowest BCUT2D eigenvalue weighted by molar-refractivity contribution is -0.0548. The van der Waals surface area contributed by atoms with Gasteiger partial charge in [0.2, 0.25) is 0 Å². The molecule has 2 aromatic rings. The van der Waals surface area contributed by atoms with Crippen molar-refractivity contribution < 1.29 is 52.0 Å². The van der Waals surface area contributed by atoms with Gasteiger partial charge in [-0.05, 0) is 18.1 Å². The van der Waals surface area contributed by atoms with E-state index < -0.39 is 63.9 Å². The first-order valence-electron chi connectivity index (χ1n) is 9.60. The van der Waals surface area contributed by atoms with E-state index in [0.717, 1.165) is 21.4 Å². The van der Waals surface area contributed by atoms with E-state index in [1.54, 1.807) is 6.07 Å². The van der Waals surface area contributed by atoms with Crippen molar-refractivity contribution in [2.45, 2.75) is 37.5 Å². The Labute approximate surface area is 190 Å². The molecule has 188 valence electrons. The summed E-state index contributed by atoms with van der Waals surface area (Å²) in [5, 5.41) is 20.5. The molecule has 0 spiro atoms. The van der Waals surface area contributed by atoms with Crippen LogP contribution in [-0.4, -0.2) is 58.9 Å². The van der Waals surface area contributed by atoms with Crippen LogP contribution in [0.15, 0.2) is 46.1 Å². The summed E-state index contributed by atoms with van der Waals surface area (Å²) in [6.07, 6.45) is -5.59. The van der Waals surface area contributed by atoms with Gasteiger partial charge >= 0.3 is 21.3 Å². The van der Waals surface area contributed by atoms with Crippen LogP contribution in [0, 0.1) is 5.82 Å². The smallest absolute Gasteiger partial charge is 0.387 e. The second-order valence-corrected chi connectivity index (χ2v) is 10.0. The summed E-state index contributed by atoms with van der Waals surface area (Å²) < 4.78 is 51.0. The van der Waals surface area contributed by atoms with Gasteiger partial charge in [0.15, 0.2) is 6.23 Å². The summed E-state index contributed by atoms with van der Waals surface area (Å²) >= 11 is 0. The first-order valence-corrected chi connectivity index (χ1v) is 12.6. The van der Waals surface area contributed by atoms with Crippen LogP contribution < -0.4 is 11.2 Å². The van der Waals surface area contributed by atoms with E-state index in [1.165, 1.54) is 18.2 Å². The zero-order valence-electron chi connectivity index (χ0n) is 17.2. The monoisotopic (exact) mass is 526 g/mol. The van der Waals surface area contributed by atoms with Crippen LogP contribution in [0.25, 0.3) is 0 Å². The third-order valence-corrected chi connectivity index (χ3v) is 7.03. The number of halogens is 1. The Balaban J connectivity index is 1.76. The number of hydrogen-bond acceptors (Lipinski definition) is 9. The predicted octanol–water partition coefficient (Wildman–Crippen LogP) is -0.763. The molecule has 34 heavy (non-hydrogen) atoms. The van der Waals surface area contributed by atoms with Crippen molar-refractivity contribution in [1.29, 1.82) is 0 Å². The number of phosphoric ester groups is 1. The van der Waals surface area contributed by atoms with Crippen LogP contribution in [0.1, 0.15) is 11.8 Å². The molecule has 5 N–H and O–H groups in total. The van der Waals surface area contributed by atoms with Crippen LogP contribution in [0.2, 0.25) is 0 Å². The quantitative estimate of drug-likeness (QED) is 0.256. The SMILES string of the molecule is O=c1ccn([C@@H]2O[C@H](COP(=O)(O)OP(=O)(O)O)C(O)C2O)c(=O)n1CCc1ccccc1F. The highest BCUT2D eigenvalue weighted by atomic mass is 31.3. The van der Waals surface area contributed by atoms with Crippen LogP contribution >= 0.6 is 15.6 Å². The van der Waals surface area contributed by atoms with Gasteiger partial charge in [-0.1, -0.05) is 18.2 Å². The lowest BCUT2D eigenvalue weighted by Gasteiger charge is -2.19. The number of phosphoric acid groups is 2. The third-order valence-electron chi connectivity index (χ3n) is 4.88. The lowest BCUT2D eigenvalue weighted by Crippen LogP contribution is -2.43. The topological polar surface area (TPSA) is 207 Å². The van der Waals surface area contributed by atoms with Crippen molar-refractivity contribution in [1.82, 2.24) is 9.13 Å². The molecular formula is C17H21FN2O12P2. The van der Waals surface area contributed by atoms with Crippen LogP contribution in [0.4, 0.5) is 4.39 Å². The largest absolute Gasteiger partial charge is 0.481 e. The summed E-state index contributed by atoms with van der Waals surface area (Å²) in [7, 11) is -10.6. The maximum Gasteiger partial charge on any atom is 0.481 e. The molecule has 1 aromatic carbocycles. The summed E-state index contributed by atoms with van der Waals surface area (Å²) in [4.78, 5) is 51.6. The van der Waals surface area contributed by atoms with Crippen LogP contribution in [0.3, 0.4) is 0 Å². The number of aliphatic hydroxyl groups excluding tert-OH is 2. The van der Waals surface area contributed by atoms with Crippen LogP contribution in [-0.2, 0) is 35.7 Å². The maximum absolute atomic E-state index is 13.8. The van der Waals surface area contributed by atoms with E-state index in [-0.39, 0.29) is 18.5 Å². The van der Waals surface area contributed by atoms with Crippen molar-refractivity contribution >= 4 is 15.6 Å². The molecule has 1 aromatic heterocycles. The second-order valence-electron chi connectivity index (χ2n) is 7.22. The van der Waals surface area contributed by atoms with E-state index >= 15 is 0 Å². The molecule has 1 saturated heterocycles. The zero-order chi connectivity index (χ0) is 25.3. The number of ether oxygens (including phenoxy) is 1. The molecule has 1 aliphatic heterocycles. The molecule has 3 rings (SSSR count). The van der Waals surface area contributed by atoms with Gasteiger partial charge in [-0.2, -0.15) is 4.31 Å². The minimum Gasteiger partial charge on any atom is -0.387 e. The second kappa shape index (κ2) is 10.3. The number of aliphatic hydroxyl groups is 2. The highest BCUT2D eigenvalue weighted by Gasteiger charge is 2.46. The Morgan fingerprint density at radius 1 is 1.06 bits per heavy atom. The standard InChI is InChI=1S/C17H21FN2O12P2/c18-11-4-2-1-3-10(11)5-7-19-13(21)6-8-20(17(19)24)16-15(23)14(22)12(31-16)9-30-34(28,29)32-33(25,26)27/h1-4,6,8,12,14-16,22-23H,5,7,9H2,(H,28,29)(H2,25,26,27)/t12-,14?,15?,16-/m1/s1. The highest BCUT2D eigenvalue weighted by Crippen LogP contribution is 2.57. The number of benzene rings is 1. The van der Waals surface area contributed by atoms with Gasteiger partial charge in [0.05, 0.1) is 6.61 Å². The van der Waals surface area contributed by atoms with Gasteiger partial charge in [0.25, 0.3) is 5.56 Å². The van der Waals surface area contributed by atoms with Crippen molar-refractivity contribution in [2.75, 3.05) is 6.61 Å². The molecule has 0 bridgehead atoms. The Bertz CT molecular complexity index is 1240. The highest BCUT2D eigenvalue weighted by molar-refractivity contribution is 7.60. The van der Waals surface area contributed by atoms with Crippen LogP contribution in [0.5, 0.6) is 0 Å². The molecule has 0 saturated carbocycles. The molecule has 0 amide bonds. The fourth-order valence-electron chi connectivity index (χ4n) is 3.29. The Kier molecular flexibility index (Phi) is 8.05. The van der Waals surface area contributed by atoms with E-state index in [9.17, 15) is 38.2 Å². The number of aromatic nitrogens is 2. The molecule has 1 fully saturated rings. The third kappa shape index (κ3) is 6.34. The van der Waals surface area contributed by atoms with Gasteiger partial charge in [-0.25, -0.2) is 18.3 Å². The molecule has 1 aliphatic rings. The van der Waals surface area contributed by atoms with Gasteiger partial charge in [0.1, 0.15) is 24.1 Å². The first kappa shape index (κ1) is 26.6. The summed E-state index contributed by atoms with van der Waals surface area (Å²) in [6, 6.07) is 6.78. The molecular weight excluding hydrogens is 505 g/mol. The molecule has 5 atom stereocenters. The van der Waals surface area contributed by atoms with E-state index in [1.807, 2.05) is 0 Å². The Morgan fingerprint density at radius 2 is 1.74 bits per heavy atom. The summed E-state index contributed by atoms with van der Waals surface area (Å²) in [5.74, 6) is -0.517. The summed E-state index contributed by atoms with van der Waals surface area (Å²) in [5.41, 5.74) is -1.39. The molecule has 0 aliphatic carbocycles. The minimum absolute atomic E-state index is 0.00432. The maximum atomic E-state index is 13.8. The number of rotatable bonds is 9. The average molecular weight is 526 g/mol. The number of nitrogens with zero attached hydrogens (tertiary/aromatic N) is 2. The molecule has 2 heterocycles.